The third kappa shape index (κ3) is 2.82. The Kier molecular flexibility index (Phi) is 4.15. The predicted octanol–water partition coefficient (Wildman–Crippen LogP) is 2.82. The van der Waals surface area contributed by atoms with E-state index in [0.29, 0.717) is 11.4 Å². The van der Waals surface area contributed by atoms with Crippen LogP contribution in [0.15, 0.2) is 42.5 Å². The van der Waals surface area contributed by atoms with Crippen molar-refractivity contribution in [2.45, 2.75) is 25.9 Å². The lowest BCUT2D eigenvalue weighted by Crippen LogP contribution is -2.38. The molecule has 2 aliphatic heterocycles. The van der Waals surface area contributed by atoms with Crippen LogP contribution in [0, 0.1) is 24.0 Å². The van der Waals surface area contributed by atoms with E-state index in [9.17, 15) is 23.3 Å². The van der Waals surface area contributed by atoms with Crippen molar-refractivity contribution < 1.29 is 18.1 Å². The van der Waals surface area contributed by atoms with Crippen molar-refractivity contribution >= 4 is 32.9 Å². The number of fused-ring (bicyclic) bond motifs is 1. The van der Waals surface area contributed by atoms with Crippen LogP contribution in [0.1, 0.15) is 11.1 Å². The average molecular weight is 401 g/mol. The molecule has 2 saturated heterocycles. The number of nitrogens with zero attached hydrogens (tertiary/aromatic N) is 3. The summed E-state index contributed by atoms with van der Waals surface area (Å²) in [6.07, 6.45) is 0. The van der Waals surface area contributed by atoms with Gasteiger partial charge in [-0.2, -0.15) is 0 Å². The molecule has 2 aliphatic rings. The summed E-state index contributed by atoms with van der Waals surface area (Å²) in [7, 11) is -3.30. The van der Waals surface area contributed by atoms with Crippen LogP contribution in [0.5, 0.6) is 0 Å². The second kappa shape index (κ2) is 6.30. The summed E-state index contributed by atoms with van der Waals surface area (Å²) < 4.78 is 24.7. The Hall–Kier alpha value is -2.94. The van der Waals surface area contributed by atoms with Crippen molar-refractivity contribution in [2.24, 2.45) is 0 Å². The van der Waals surface area contributed by atoms with Gasteiger partial charge in [0.05, 0.1) is 28.5 Å². The van der Waals surface area contributed by atoms with Crippen molar-refractivity contribution in [3.8, 4) is 0 Å². The molecular formula is C19H19N3O5S. The zero-order valence-electron chi connectivity index (χ0n) is 15.4. The minimum absolute atomic E-state index is 0.0858. The van der Waals surface area contributed by atoms with Gasteiger partial charge in [0.15, 0.2) is 9.84 Å². The Bertz CT molecular complexity index is 1080. The summed E-state index contributed by atoms with van der Waals surface area (Å²) in [5.41, 5.74) is 3.00. The van der Waals surface area contributed by atoms with Gasteiger partial charge in [0, 0.05) is 23.5 Å². The molecule has 0 aromatic heterocycles. The topological polar surface area (TPSA) is 101 Å². The van der Waals surface area contributed by atoms with E-state index in [1.54, 1.807) is 4.90 Å². The monoisotopic (exact) mass is 401 g/mol. The lowest BCUT2D eigenvalue weighted by molar-refractivity contribution is -0.384. The van der Waals surface area contributed by atoms with E-state index in [1.165, 1.54) is 29.2 Å². The Labute approximate surface area is 162 Å². The first kappa shape index (κ1) is 18.4. The largest absolute Gasteiger partial charge is 0.329 e. The molecule has 146 valence electrons. The third-order valence-electron chi connectivity index (χ3n) is 5.54. The lowest BCUT2D eigenvalue weighted by atomic mass is 10.1. The van der Waals surface area contributed by atoms with Crippen LogP contribution < -0.4 is 9.80 Å². The summed E-state index contributed by atoms with van der Waals surface area (Å²) in [4.78, 5) is 26.8. The minimum atomic E-state index is -3.30. The lowest BCUT2D eigenvalue weighted by Gasteiger charge is -2.24. The van der Waals surface area contributed by atoms with E-state index in [1.807, 2.05) is 32.0 Å². The number of sulfone groups is 1. The van der Waals surface area contributed by atoms with Crippen LogP contribution in [0.25, 0.3) is 0 Å². The molecule has 2 aromatic carbocycles. The van der Waals surface area contributed by atoms with E-state index in [-0.39, 0.29) is 23.2 Å². The molecule has 4 rings (SSSR count). The first-order valence-corrected chi connectivity index (χ1v) is 10.7. The van der Waals surface area contributed by atoms with E-state index in [0.717, 1.165) is 11.1 Å². The maximum Gasteiger partial charge on any atom is 0.329 e. The second-order valence-electron chi connectivity index (χ2n) is 7.23. The molecule has 2 atom stereocenters. The number of amides is 2. The van der Waals surface area contributed by atoms with Crippen molar-refractivity contribution in [1.29, 1.82) is 0 Å². The number of nitro groups is 1. The van der Waals surface area contributed by atoms with Crippen molar-refractivity contribution in [3.05, 3.63) is 63.7 Å². The molecule has 0 N–H and O–H groups in total. The number of carbonyl (C=O) groups excluding carboxylic acids is 1. The van der Waals surface area contributed by atoms with Crippen LogP contribution in [0.3, 0.4) is 0 Å². The first-order chi connectivity index (χ1) is 13.2. The van der Waals surface area contributed by atoms with Crippen LogP contribution in [-0.4, -0.2) is 43.0 Å². The summed E-state index contributed by atoms with van der Waals surface area (Å²) in [5, 5.41) is 10.9. The fraction of sp³-hybridized carbons (Fsp3) is 0.316. The van der Waals surface area contributed by atoms with Crippen LogP contribution in [-0.2, 0) is 9.84 Å². The van der Waals surface area contributed by atoms with E-state index in [2.05, 4.69) is 0 Å². The SMILES string of the molecule is Cc1cccc(N2C(=O)N(c3ccc([N+](=O)[O-])cc3)[C@@H]3CS(=O)(=O)C[C@H]32)c1C. The number of urea groups is 1. The normalized spacial score (nSPS) is 23.1. The molecule has 0 spiro atoms. The first-order valence-electron chi connectivity index (χ1n) is 8.83. The van der Waals surface area contributed by atoms with Crippen LogP contribution in [0.2, 0.25) is 0 Å². The molecule has 0 bridgehead atoms. The number of anilines is 2. The number of rotatable bonds is 3. The zero-order valence-corrected chi connectivity index (χ0v) is 16.2. The molecule has 2 aromatic rings. The molecule has 0 unspecified atom stereocenters. The second-order valence-corrected chi connectivity index (χ2v) is 9.38. The molecule has 2 fully saturated rings. The quantitative estimate of drug-likeness (QED) is 0.447. The third-order valence-corrected chi connectivity index (χ3v) is 7.24. The van der Waals surface area contributed by atoms with Crippen molar-refractivity contribution in [2.75, 3.05) is 21.3 Å². The fourth-order valence-electron chi connectivity index (χ4n) is 4.02. The Morgan fingerprint density at radius 1 is 1.00 bits per heavy atom. The number of nitro benzene ring substituents is 1. The number of hydrogen-bond acceptors (Lipinski definition) is 5. The highest BCUT2D eigenvalue weighted by molar-refractivity contribution is 7.91. The van der Waals surface area contributed by atoms with Gasteiger partial charge in [-0.05, 0) is 43.2 Å². The van der Waals surface area contributed by atoms with Crippen molar-refractivity contribution in [1.82, 2.24) is 0 Å². The summed E-state index contributed by atoms with van der Waals surface area (Å²) in [5.74, 6) is -0.220. The summed E-state index contributed by atoms with van der Waals surface area (Å²) >= 11 is 0. The van der Waals surface area contributed by atoms with Crippen LogP contribution in [0.4, 0.5) is 21.9 Å². The van der Waals surface area contributed by atoms with Gasteiger partial charge in [-0.3, -0.25) is 19.9 Å². The summed E-state index contributed by atoms with van der Waals surface area (Å²) in [6, 6.07) is 9.90. The number of carbonyl (C=O) groups is 1. The highest BCUT2D eigenvalue weighted by Gasteiger charge is 2.54. The van der Waals surface area contributed by atoms with Crippen LogP contribution >= 0.6 is 0 Å². The molecule has 2 heterocycles. The van der Waals surface area contributed by atoms with E-state index in [4.69, 9.17) is 0 Å². The average Bonchev–Trinajstić information content (AvgIpc) is 3.06. The van der Waals surface area contributed by atoms with Gasteiger partial charge in [-0.15, -0.1) is 0 Å². The number of hydrogen-bond donors (Lipinski definition) is 0. The van der Waals surface area contributed by atoms with Gasteiger partial charge < -0.3 is 0 Å². The molecule has 0 saturated carbocycles. The smallest absolute Gasteiger partial charge is 0.288 e. The van der Waals surface area contributed by atoms with E-state index >= 15 is 0 Å². The fourth-order valence-corrected chi connectivity index (χ4v) is 5.94. The van der Waals surface area contributed by atoms with Gasteiger partial charge in [0.25, 0.3) is 5.69 Å². The standard InChI is InChI=1S/C19H19N3O5S/c1-12-4-3-5-16(13(12)2)21-18-11-28(26,27)10-17(18)20(19(21)23)14-6-8-15(9-7-14)22(24)25/h3-9,17-18H,10-11H2,1-2H3/t17-,18-/m1/s1. The van der Waals surface area contributed by atoms with Gasteiger partial charge in [-0.25, -0.2) is 13.2 Å². The molecule has 2 amide bonds. The molecule has 0 radical (unpaired) electrons. The number of aryl methyl sites for hydroxylation is 1. The highest BCUT2D eigenvalue weighted by atomic mass is 32.2. The maximum absolute atomic E-state index is 13.3. The maximum atomic E-state index is 13.3. The van der Waals surface area contributed by atoms with E-state index < -0.39 is 26.8 Å². The molecule has 8 nitrogen and oxygen atoms in total. The van der Waals surface area contributed by atoms with Gasteiger partial charge in [-0.1, -0.05) is 12.1 Å². The summed E-state index contributed by atoms with van der Waals surface area (Å²) in [6.45, 7) is 3.85. The molecule has 9 heteroatoms. The number of benzene rings is 2. The van der Waals surface area contributed by atoms with Gasteiger partial charge in [0.2, 0.25) is 0 Å². The van der Waals surface area contributed by atoms with Crippen molar-refractivity contribution in [3.63, 3.8) is 0 Å². The van der Waals surface area contributed by atoms with Gasteiger partial charge in [0.1, 0.15) is 0 Å². The Morgan fingerprint density at radius 3 is 2.21 bits per heavy atom. The Morgan fingerprint density at radius 2 is 1.61 bits per heavy atom. The minimum Gasteiger partial charge on any atom is -0.288 e. The molecule has 0 aliphatic carbocycles. The molecular weight excluding hydrogens is 382 g/mol. The predicted molar refractivity (Wildman–Crippen MR) is 106 cm³/mol. The molecule has 28 heavy (non-hydrogen) atoms. The van der Waals surface area contributed by atoms with Gasteiger partial charge >= 0.3 is 6.03 Å². The Balaban J connectivity index is 1.81. The number of non-ortho nitro benzene ring substituents is 1. The highest BCUT2D eigenvalue weighted by Crippen LogP contribution is 2.39. The zero-order chi connectivity index (χ0) is 20.2.